The van der Waals surface area contributed by atoms with Gasteiger partial charge < -0.3 is 10.6 Å². The van der Waals surface area contributed by atoms with E-state index in [1.165, 1.54) is 0 Å². The molecule has 2 amide bonds. The number of urea groups is 1. The van der Waals surface area contributed by atoms with Gasteiger partial charge >= 0.3 is 6.03 Å². The van der Waals surface area contributed by atoms with Gasteiger partial charge in [-0.15, -0.1) is 0 Å². The van der Waals surface area contributed by atoms with Gasteiger partial charge in [0.1, 0.15) is 0 Å². The molecule has 0 saturated heterocycles. The van der Waals surface area contributed by atoms with Crippen LogP contribution in [0.1, 0.15) is 30.6 Å². The Morgan fingerprint density at radius 1 is 1.00 bits per heavy atom. The van der Waals surface area contributed by atoms with E-state index >= 15 is 0 Å². The predicted molar refractivity (Wildman–Crippen MR) is 106 cm³/mol. The van der Waals surface area contributed by atoms with Gasteiger partial charge in [-0.25, -0.2) is 4.79 Å². The Morgan fingerprint density at radius 3 is 2.38 bits per heavy atom. The number of nitrogens with zero attached hydrogens (tertiary/aromatic N) is 1. The van der Waals surface area contributed by atoms with E-state index in [1.807, 2.05) is 73.7 Å². The van der Waals surface area contributed by atoms with Crippen molar-refractivity contribution in [2.24, 2.45) is 0 Å². The fourth-order valence-corrected chi connectivity index (χ4v) is 2.90. The highest BCUT2D eigenvalue weighted by molar-refractivity contribution is 5.89. The lowest BCUT2D eigenvalue weighted by molar-refractivity contribution is 0.248. The van der Waals surface area contributed by atoms with Gasteiger partial charge in [0.05, 0.1) is 6.04 Å². The van der Waals surface area contributed by atoms with E-state index < -0.39 is 0 Å². The van der Waals surface area contributed by atoms with Crippen LogP contribution in [0.2, 0.25) is 0 Å². The number of aryl methyl sites for hydroxylation is 1. The van der Waals surface area contributed by atoms with Gasteiger partial charge in [-0.05, 0) is 54.3 Å². The number of hydrogen-bond acceptors (Lipinski definition) is 2. The molecule has 1 atom stereocenters. The fraction of sp³-hybridized carbons (Fsp3) is 0.182. The standard InChI is InChI=1S/C22H23N3O/c1-3-21(18-7-5-4-6-8-18)25-22(26)24-20-11-9-17(10-12-20)19-13-14-23-16(2)15-19/h4-15,21H,3H2,1-2H3,(H2,24,25,26)/t21-/m1/s1. The first kappa shape index (κ1) is 17.7. The van der Waals surface area contributed by atoms with Crippen molar-refractivity contribution in [1.29, 1.82) is 0 Å². The molecule has 0 aliphatic heterocycles. The van der Waals surface area contributed by atoms with Crippen molar-refractivity contribution in [2.45, 2.75) is 26.3 Å². The first-order valence-corrected chi connectivity index (χ1v) is 8.81. The maximum absolute atomic E-state index is 12.3. The third-order valence-corrected chi connectivity index (χ3v) is 4.29. The highest BCUT2D eigenvalue weighted by Crippen LogP contribution is 2.22. The number of anilines is 1. The number of pyridine rings is 1. The Labute approximate surface area is 154 Å². The largest absolute Gasteiger partial charge is 0.331 e. The average Bonchev–Trinajstić information content (AvgIpc) is 2.67. The molecule has 0 aliphatic rings. The van der Waals surface area contributed by atoms with Crippen LogP contribution >= 0.6 is 0 Å². The molecule has 26 heavy (non-hydrogen) atoms. The Balaban J connectivity index is 1.64. The third kappa shape index (κ3) is 4.48. The maximum atomic E-state index is 12.3. The molecular formula is C22H23N3O. The van der Waals surface area contributed by atoms with E-state index in [1.54, 1.807) is 6.20 Å². The van der Waals surface area contributed by atoms with Gasteiger partial charge in [-0.3, -0.25) is 4.98 Å². The highest BCUT2D eigenvalue weighted by atomic mass is 16.2. The molecule has 2 aromatic carbocycles. The molecule has 4 heteroatoms. The molecule has 3 rings (SSSR count). The maximum Gasteiger partial charge on any atom is 0.319 e. The van der Waals surface area contributed by atoms with Gasteiger partial charge in [0.15, 0.2) is 0 Å². The van der Waals surface area contributed by atoms with Gasteiger partial charge in [0.2, 0.25) is 0 Å². The molecule has 0 unspecified atom stereocenters. The van der Waals surface area contributed by atoms with Crippen LogP contribution in [0.4, 0.5) is 10.5 Å². The van der Waals surface area contributed by atoms with Crippen molar-refractivity contribution < 1.29 is 4.79 Å². The quantitative estimate of drug-likeness (QED) is 0.656. The third-order valence-electron chi connectivity index (χ3n) is 4.29. The van der Waals surface area contributed by atoms with Crippen molar-refractivity contribution in [3.05, 3.63) is 84.2 Å². The molecule has 0 spiro atoms. The minimum Gasteiger partial charge on any atom is -0.331 e. The smallest absolute Gasteiger partial charge is 0.319 e. The van der Waals surface area contributed by atoms with Gasteiger partial charge in [-0.2, -0.15) is 0 Å². The summed E-state index contributed by atoms with van der Waals surface area (Å²) < 4.78 is 0. The number of aromatic nitrogens is 1. The summed E-state index contributed by atoms with van der Waals surface area (Å²) in [6, 6.07) is 21.6. The topological polar surface area (TPSA) is 54.0 Å². The van der Waals surface area contributed by atoms with Crippen molar-refractivity contribution in [1.82, 2.24) is 10.3 Å². The lowest BCUT2D eigenvalue weighted by Crippen LogP contribution is -2.32. The summed E-state index contributed by atoms with van der Waals surface area (Å²) in [6.45, 7) is 4.03. The summed E-state index contributed by atoms with van der Waals surface area (Å²) in [4.78, 5) is 16.5. The molecule has 132 valence electrons. The number of carbonyl (C=O) groups excluding carboxylic acids is 1. The zero-order valence-corrected chi connectivity index (χ0v) is 15.1. The summed E-state index contributed by atoms with van der Waals surface area (Å²) in [5, 5.41) is 5.93. The molecular weight excluding hydrogens is 322 g/mol. The van der Waals surface area contributed by atoms with E-state index in [9.17, 15) is 4.79 Å². The lowest BCUT2D eigenvalue weighted by atomic mass is 10.1. The number of amides is 2. The second kappa shape index (κ2) is 8.30. The van der Waals surface area contributed by atoms with Crippen LogP contribution in [0.5, 0.6) is 0 Å². The number of benzene rings is 2. The molecule has 0 bridgehead atoms. The fourth-order valence-electron chi connectivity index (χ4n) is 2.90. The van der Waals surface area contributed by atoms with Gasteiger partial charge in [-0.1, -0.05) is 49.4 Å². The zero-order valence-electron chi connectivity index (χ0n) is 15.1. The molecule has 0 saturated carbocycles. The highest BCUT2D eigenvalue weighted by Gasteiger charge is 2.12. The van der Waals surface area contributed by atoms with Crippen LogP contribution in [0.15, 0.2) is 72.9 Å². The number of nitrogens with one attached hydrogen (secondary N) is 2. The second-order valence-corrected chi connectivity index (χ2v) is 6.23. The number of rotatable bonds is 5. The minimum absolute atomic E-state index is 0.00438. The minimum atomic E-state index is -0.201. The summed E-state index contributed by atoms with van der Waals surface area (Å²) in [6.07, 6.45) is 2.64. The molecule has 0 aliphatic carbocycles. The Hall–Kier alpha value is -3.14. The van der Waals surface area contributed by atoms with Crippen molar-refractivity contribution in [3.63, 3.8) is 0 Å². The van der Waals surface area contributed by atoms with E-state index in [0.29, 0.717) is 0 Å². The summed E-state index contributed by atoms with van der Waals surface area (Å²) in [5.74, 6) is 0. The Kier molecular flexibility index (Phi) is 5.64. The average molecular weight is 345 g/mol. The molecule has 4 nitrogen and oxygen atoms in total. The van der Waals surface area contributed by atoms with Crippen molar-refractivity contribution >= 4 is 11.7 Å². The van der Waals surface area contributed by atoms with Crippen LogP contribution in [0, 0.1) is 6.92 Å². The molecule has 3 aromatic rings. The van der Waals surface area contributed by atoms with Crippen molar-refractivity contribution in [3.8, 4) is 11.1 Å². The van der Waals surface area contributed by atoms with E-state index in [0.717, 1.165) is 34.5 Å². The van der Waals surface area contributed by atoms with Crippen molar-refractivity contribution in [2.75, 3.05) is 5.32 Å². The molecule has 0 fully saturated rings. The van der Waals surface area contributed by atoms with Crippen LogP contribution in [0.3, 0.4) is 0 Å². The molecule has 2 N–H and O–H groups in total. The van der Waals surface area contributed by atoms with E-state index in [4.69, 9.17) is 0 Å². The monoisotopic (exact) mass is 345 g/mol. The SMILES string of the molecule is CC[C@@H](NC(=O)Nc1ccc(-c2ccnc(C)c2)cc1)c1ccccc1. The predicted octanol–water partition coefficient (Wildman–Crippen LogP) is 5.33. The normalized spacial score (nSPS) is 11.6. The van der Waals surface area contributed by atoms with E-state index in [2.05, 4.69) is 22.5 Å². The lowest BCUT2D eigenvalue weighted by Gasteiger charge is -2.18. The summed E-state index contributed by atoms with van der Waals surface area (Å²) >= 11 is 0. The second-order valence-electron chi connectivity index (χ2n) is 6.23. The van der Waals surface area contributed by atoms with Crippen LogP contribution in [-0.2, 0) is 0 Å². The zero-order chi connectivity index (χ0) is 18.4. The van der Waals surface area contributed by atoms with Crippen LogP contribution < -0.4 is 10.6 Å². The molecule has 1 heterocycles. The Bertz CT molecular complexity index is 860. The van der Waals surface area contributed by atoms with Gasteiger partial charge in [0, 0.05) is 17.6 Å². The number of carbonyl (C=O) groups is 1. The number of hydrogen-bond donors (Lipinski definition) is 2. The molecule has 1 aromatic heterocycles. The first-order chi connectivity index (χ1) is 12.7. The first-order valence-electron chi connectivity index (χ1n) is 8.81. The van der Waals surface area contributed by atoms with Crippen LogP contribution in [0.25, 0.3) is 11.1 Å². The summed E-state index contributed by atoms with van der Waals surface area (Å²) in [5.41, 5.74) is 5.06. The van der Waals surface area contributed by atoms with Crippen LogP contribution in [-0.4, -0.2) is 11.0 Å². The Morgan fingerprint density at radius 2 is 1.73 bits per heavy atom. The molecule has 0 radical (unpaired) electrons. The van der Waals surface area contributed by atoms with E-state index in [-0.39, 0.29) is 12.1 Å². The summed E-state index contributed by atoms with van der Waals surface area (Å²) in [7, 11) is 0. The van der Waals surface area contributed by atoms with Gasteiger partial charge in [0.25, 0.3) is 0 Å².